The van der Waals surface area contributed by atoms with Crippen LogP contribution in [0.3, 0.4) is 0 Å². The first-order chi connectivity index (χ1) is 17.6. The van der Waals surface area contributed by atoms with Crippen molar-refractivity contribution in [2.24, 2.45) is 0 Å². The van der Waals surface area contributed by atoms with Crippen molar-refractivity contribution in [1.29, 1.82) is 5.26 Å². The molecule has 0 unspecified atom stereocenters. The highest BCUT2D eigenvalue weighted by Gasteiger charge is 2.23. The van der Waals surface area contributed by atoms with Crippen molar-refractivity contribution in [2.75, 3.05) is 29.1 Å². The van der Waals surface area contributed by atoms with Crippen molar-refractivity contribution in [1.82, 2.24) is 24.5 Å². The second kappa shape index (κ2) is 10.7. The van der Waals surface area contributed by atoms with Crippen LogP contribution in [-0.2, 0) is 4.79 Å². The number of hydrogen-bond acceptors (Lipinski definition) is 7. The number of anilines is 2. The van der Waals surface area contributed by atoms with Crippen LogP contribution in [0.2, 0.25) is 0 Å². The first-order valence-corrected chi connectivity index (χ1v) is 12.9. The van der Waals surface area contributed by atoms with Gasteiger partial charge in [-0.1, -0.05) is 47.7 Å². The highest BCUT2D eigenvalue weighted by Crippen LogP contribution is 2.29. The second-order valence-electron chi connectivity index (χ2n) is 8.60. The van der Waals surface area contributed by atoms with E-state index in [0.29, 0.717) is 16.5 Å². The molecule has 1 aliphatic heterocycles. The number of carbonyl (C=O) groups excluding carboxylic acids is 1. The maximum absolute atomic E-state index is 13.0. The predicted molar refractivity (Wildman–Crippen MR) is 140 cm³/mol. The smallest absolute Gasteiger partial charge is 0.236 e. The molecule has 1 saturated heterocycles. The Morgan fingerprint density at radius 2 is 1.78 bits per heavy atom. The fraction of sp³-hybridized carbons (Fsp3) is 0.269. The number of thioether (sulfide) groups is 1. The van der Waals surface area contributed by atoms with Gasteiger partial charge in [0.25, 0.3) is 0 Å². The van der Waals surface area contributed by atoms with Crippen LogP contribution < -0.4 is 10.2 Å². The van der Waals surface area contributed by atoms with E-state index < -0.39 is 0 Å². The summed E-state index contributed by atoms with van der Waals surface area (Å²) in [5, 5.41) is 26.3. The first kappa shape index (κ1) is 23.6. The van der Waals surface area contributed by atoms with Crippen molar-refractivity contribution >= 4 is 29.4 Å². The third kappa shape index (κ3) is 4.97. The van der Waals surface area contributed by atoms with Crippen LogP contribution in [0.4, 0.5) is 11.8 Å². The summed E-state index contributed by atoms with van der Waals surface area (Å²) in [6.45, 7) is 3.93. The third-order valence-electron chi connectivity index (χ3n) is 6.03. The lowest BCUT2D eigenvalue weighted by atomic mass is 10.1. The lowest BCUT2D eigenvalue weighted by Gasteiger charge is -2.27. The van der Waals surface area contributed by atoms with Crippen LogP contribution in [0.15, 0.2) is 66.0 Å². The average molecular weight is 499 g/mol. The molecule has 0 radical (unpaired) electrons. The van der Waals surface area contributed by atoms with E-state index in [1.54, 1.807) is 4.68 Å². The fourth-order valence-electron chi connectivity index (χ4n) is 4.19. The quantitative estimate of drug-likeness (QED) is 0.378. The molecule has 182 valence electrons. The van der Waals surface area contributed by atoms with E-state index in [9.17, 15) is 10.1 Å². The zero-order chi connectivity index (χ0) is 24.9. The largest absolute Gasteiger partial charge is 0.341 e. The van der Waals surface area contributed by atoms with Gasteiger partial charge in [0, 0.05) is 13.1 Å². The van der Waals surface area contributed by atoms with Crippen LogP contribution in [0.1, 0.15) is 30.4 Å². The molecular weight excluding hydrogens is 472 g/mol. The van der Waals surface area contributed by atoms with E-state index in [0.717, 1.165) is 43.3 Å². The fourth-order valence-corrected chi connectivity index (χ4v) is 4.94. The number of para-hydroxylation sites is 1. The Morgan fingerprint density at radius 3 is 2.50 bits per heavy atom. The standard InChI is InChI=1S/C26H26N8OS/c1-19-10-12-21(13-11-19)33-25(32-14-6-3-7-15-32)30-31-26(33)36-18-23(35)29-24-20(16-27)17-28-34(24)22-8-4-2-5-9-22/h2,4-5,8-13,17H,3,6-7,14-15,18H2,1H3,(H,29,35). The van der Waals surface area contributed by atoms with Crippen LogP contribution >= 0.6 is 11.8 Å². The van der Waals surface area contributed by atoms with Crippen LogP contribution in [0.25, 0.3) is 11.4 Å². The molecule has 0 atom stereocenters. The SMILES string of the molecule is Cc1ccc(-n2c(SCC(=O)Nc3c(C#N)cnn3-c3ccccc3)nnc2N2CCCCC2)cc1. The molecule has 3 heterocycles. The molecule has 1 N–H and O–H groups in total. The topological polar surface area (TPSA) is 105 Å². The van der Waals surface area contributed by atoms with Gasteiger partial charge < -0.3 is 10.2 Å². The van der Waals surface area contributed by atoms with E-state index in [-0.39, 0.29) is 11.7 Å². The maximum Gasteiger partial charge on any atom is 0.236 e. The lowest BCUT2D eigenvalue weighted by molar-refractivity contribution is -0.113. The number of benzene rings is 2. The minimum Gasteiger partial charge on any atom is -0.341 e. The molecule has 5 rings (SSSR count). The predicted octanol–water partition coefficient (Wildman–Crippen LogP) is 4.35. The normalized spacial score (nSPS) is 13.4. The number of nitrogens with zero attached hydrogens (tertiary/aromatic N) is 7. The molecule has 0 aliphatic carbocycles. The van der Waals surface area contributed by atoms with Gasteiger partial charge in [-0.25, -0.2) is 4.68 Å². The molecule has 36 heavy (non-hydrogen) atoms. The van der Waals surface area contributed by atoms with Crippen LogP contribution in [-0.4, -0.2) is 49.3 Å². The molecule has 2 aromatic heterocycles. The summed E-state index contributed by atoms with van der Waals surface area (Å²) in [7, 11) is 0. The van der Waals surface area contributed by atoms with Gasteiger partial charge >= 0.3 is 0 Å². The van der Waals surface area contributed by atoms with Crippen molar-refractivity contribution in [3.05, 3.63) is 71.9 Å². The number of aryl methyl sites for hydroxylation is 1. The summed E-state index contributed by atoms with van der Waals surface area (Å²) in [6, 6.07) is 19.7. The zero-order valence-corrected chi connectivity index (χ0v) is 20.8. The molecule has 1 fully saturated rings. The number of amides is 1. The van der Waals surface area contributed by atoms with Gasteiger partial charge in [0.05, 0.1) is 23.3 Å². The lowest BCUT2D eigenvalue weighted by Crippen LogP contribution is -2.31. The molecule has 2 aromatic carbocycles. The Kier molecular flexibility index (Phi) is 7.00. The molecule has 10 heteroatoms. The van der Waals surface area contributed by atoms with E-state index in [1.807, 2.05) is 47.0 Å². The Morgan fingerprint density at radius 1 is 1.03 bits per heavy atom. The number of nitrogens with one attached hydrogen (secondary N) is 1. The molecule has 4 aromatic rings. The van der Waals surface area contributed by atoms with Crippen LogP contribution in [0.5, 0.6) is 0 Å². The second-order valence-corrected chi connectivity index (χ2v) is 9.55. The molecule has 0 spiro atoms. The van der Waals surface area contributed by atoms with Crippen molar-refractivity contribution in [3.8, 4) is 17.4 Å². The van der Waals surface area contributed by atoms with Gasteiger partial charge in [0.2, 0.25) is 11.9 Å². The number of aromatic nitrogens is 5. The van der Waals surface area contributed by atoms with Crippen molar-refractivity contribution in [3.63, 3.8) is 0 Å². The van der Waals surface area contributed by atoms with Crippen molar-refractivity contribution in [2.45, 2.75) is 31.3 Å². The number of rotatable bonds is 7. The van der Waals surface area contributed by atoms with Gasteiger partial charge in [-0.15, -0.1) is 10.2 Å². The number of hydrogen-bond donors (Lipinski definition) is 1. The highest BCUT2D eigenvalue weighted by atomic mass is 32.2. The molecule has 9 nitrogen and oxygen atoms in total. The molecule has 1 amide bonds. The molecule has 0 bridgehead atoms. The number of piperidine rings is 1. The average Bonchev–Trinajstić information content (AvgIpc) is 3.53. The molecular formula is C26H26N8OS. The summed E-state index contributed by atoms with van der Waals surface area (Å²) < 4.78 is 3.59. The Labute approximate surface area is 213 Å². The molecule has 0 saturated carbocycles. The summed E-state index contributed by atoms with van der Waals surface area (Å²) in [5.41, 5.74) is 3.19. The third-order valence-corrected chi connectivity index (χ3v) is 6.96. The van der Waals surface area contributed by atoms with E-state index >= 15 is 0 Å². The van der Waals surface area contributed by atoms with Gasteiger partial charge in [-0.2, -0.15) is 10.4 Å². The van der Waals surface area contributed by atoms with E-state index in [1.165, 1.54) is 29.9 Å². The summed E-state index contributed by atoms with van der Waals surface area (Å²) in [5.74, 6) is 1.00. The number of nitriles is 1. The van der Waals surface area contributed by atoms with Crippen molar-refractivity contribution < 1.29 is 4.79 Å². The molecule has 1 aliphatic rings. The van der Waals surface area contributed by atoms with Gasteiger partial charge in [-0.05, 0) is 50.5 Å². The highest BCUT2D eigenvalue weighted by molar-refractivity contribution is 7.99. The van der Waals surface area contributed by atoms with Gasteiger partial charge in [0.1, 0.15) is 11.6 Å². The Hall–Kier alpha value is -4.10. The Bertz CT molecular complexity index is 1380. The monoisotopic (exact) mass is 498 g/mol. The minimum absolute atomic E-state index is 0.106. The zero-order valence-electron chi connectivity index (χ0n) is 20.0. The first-order valence-electron chi connectivity index (χ1n) is 11.9. The number of carbonyl (C=O) groups is 1. The van der Waals surface area contributed by atoms with E-state index in [2.05, 4.69) is 50.6 Å². The maximum atomic E-state index is 13.0. The summed E-state index contributed by atoms with van der Waals surface area (Å²) in [6.07, 6.45) is 4.93. The summed E-state index contributed by atoms with van der Waals surface area (Å²) >= 11 is 1.31. The van der Waals surface area contributed by atoms with Gasteiger partial charge in [-0.3, -0.25) is 9.36 Å². The minimum atomic E-state index is -0.257. The summed E-state index contributed by atoms with van der Waals surface area (Å²) in [4.78, 5) is 15.2. The Balaban J connectivity index is 1.37. The van der Waals surface area contributed by atoms with Gasteiger partial charge in [0.15, 0.2) is 11.0 Å². The van der Waals surface area contributed by atoms with Crippen LogP contribution in [0, 0.1) is 18.3 Å². The van der Waals surface area contributed by atoms with E-state index in [4.69, 9.17) is 0 Å².